The molecule has 1 heterocycles. The molecule has 4 heteroatoms. The number of thioether (sulfide) groups is 1. The second-order valence-electron chi connectivity index (χ2n) is 3.39. The Bertz CT molecular complexity index is 389. The van der Waals surface area contributed by atoms with E-state index in [0.29, 0.717) is 10.8 Å². The van der Waals surface area contributed by atoms with E-state index in [9.17, 15) is 4.79 Å². The molecule has 0 saturated carbocycles. The number of aliphatic imine (C=N–C) groups is 1. The number of amidine groups is 1. The summed E-state index contributed by atoms with van der Waals surface area (Å²) in [6, 6.07) is 9.17. The highest BCUT2D eigenvalue weighted by Gasteiger charge is 2.17. The number of hydrogen-bond donors (Lipinski definition) is 1. The van der Waals surface area contributed by atoms with Gasteiger partial charge in [0.15, 0.2) is 5.17 Å². The average molecular weight is 220 g/mol. The molecule has 1 aliphatic heterocycles. The molecule has 0 spiro atoms. The number of rotatable bonds is 1. The number of benzene rings is 1. The van der Waals surface area contributed by atoms with Crippen LogP contribution in [-0.2, 0) is 0 Å². The van der Waals surface area contributed by atoms with Crippen molar-refractivity contribution in [2.45, 2.75) is 12.2 Å². The number of nitrogens with zero attached hydrogens (tertiary/aromatic N) is 1. The molecule has 15 heavy (non-hydrogen) atoms. The summed E-state index contributed by atoms with van der Waals surface area (Å²) in [5.41, 5.74) is 0.667. The highest BCUT2D eigenvalue weighted by atomic mass is 32.2. The summed E-state index contributed by atoms with van der Waals surface area (Å²) in [6.45, 7) is 2.88. The van der Waals surface area contributed by atoms with Crippen molar-refractivity contribution in [3.8, 4) is 0 Å². The number of hydrogen-bond acceptors (Lipinski definition) is 3. The maximum atomic E-state index is 11.7. The molecule has 0 unspecified atom stereocenters. The van der Waals surface area contributed by atoms with E-state index in [1.165, 1.54) is 0 Å². The van der Waals surface area contributed by atoms with Gasteiger partial charge in [-0.1, -0.05) is 36.9 Å². The average Bonchev–Trinajstić information content (AvgIpc) is 2.65. The summed E-state index contributed by atoms with van der Waals surface area (Å²) in [5.74, 6) is -0.0871. The maximum absolute atomic E-state index is 11.7. The van der Waals surface area contributed by atoms with Gasteiger partial charge in [-0.15, -0.1) is 0 Å². The normalized spacial score (nSPS) is 19.8. The van der Waals surface area contributed by atoms with Gasteiger partial charge in [-0.2, -0.15) is 0 Å². The minimum absolute atomic E-state index is 0.0871. The molecule has 1 aromatic rings. The van der Waals surface area contributed by atoms with Crippen LogP contribution in [0.2, 0.25) is 0 Å². The van der Waals surface area contributed by atoms with Crippen molar-refractivity contribution in [2.75, 3.05) is 6.54 Å². The smallest absolute Gasteiger partial charge is 0.257 e. The summed E-state index contributed by atoms with van der Waals surface area (Å²) >= 11 is 1.61. The zero-order valence-corrected chi connectivity index (χ0v) is 9.25. The second kappa shape index (κ2) is 4.49. The first-order chi connectivity index (χ1) is 7.25. The van der Waals surface area contributed by atoms with Gasteiger partial charge in [-0.05, 0) is 12.1 Å². The zero-order chi connectivity index (χ0) is 10.7. The van der Waals surface area contributed by atoms with E-state index in [4.69, 9.17) is 0 Å². The van der Waals surface area contributed by atoms with E-state index in [1.807, 2.05) is 18.2 Å². The van der Waals surface area contributed by atoms with Crippen LogP contribution in [0.1, 0.15) is 17.3 Å². The fourth-order valence-corrected chi connectivity index (χ4v) is 2.14. The molecule has 2 rings (SSSR count). The third kappa shape index (κ3) is 2.59. The van der Waals surface area contributed by atoms with Crippen molar-refractivity contribution < 1.29 is 4.79 Å². The van der Waals surface area contributed by atoms with Crippen molar-refractivity contribution in [1.82, 2.24) is 5.32 Å². The molecule has 1 atom stereocenters. The van der Waals surface area contributed by atoms with Crippen LogP contribution in [0.5, 0.6) is 0 Å². The first-order valence-corrected chi connectivity index (χ1v) is 5.71. The summed E-state index contributed by atoms with van der Waals surface area (Å²) in [6.07, 6.45) is 0. The predicted molar refractivity (Wildman–Crippen MR) is 63.3 cm³/mol. The molecule has 1 aliphatic rings. The Labute approximate surface area is 93.0 Å². The number of amides is 1. The largest absolute Gasteiger partial charge is 0.301 e. The summed E-state index contributed by atoms with van der Waals surface area (Å²) in [7, 11) is 0. The van der Waals surface area contributed by atoms with Crippen molar-refractivity contribution in [3.05, 3.63) is 35.9 Å². The Morgan fingerprint density at radius 3 is 2.80 bits per heavy atom. The zero-order valence-electron chi connectivity index (χ0n) is 8.43. The molecule has 0 saturated heterocycles. The first kappa shape index (κ1) is 10.2. The van der Waals surface area contributed by atoms with Crippen molar-refractivity contribution in [2.24, 2.45) is 4.99 Å². The molecular weight excluding hydrogens is 208 g/mol. The van der Waals surface area contributed by atoms with E-state index in [1.54, 1.807) is 23.9 Å². The van der Waals surface area contributed by atoms with E-state index in [2.05, 4.69) is 17.2 Å². The number of nitrogens with one attached hydrogen (secondary N) is 1. The predicted octanol–water partition coefficient (Wildman–Crippen LogP) is 1.91. The molecule has 3 nitrogen and oxygen atoms in total. The van der Waals surface area contributed by atoms with E-state index >= 15 is 0 Å². The Morgan fingerprint density at radius 1 is 1.47 bits per heavy atom. The molecular formula is C11H12N2OS. The topological polar surface area (TPSA) is 41.5 Å². The molecule has 0 aliphatic carbocycles. The van der Waals surface area contributed by atoms with Crippen LogP contribution >= 0.6 is 11.8 Å². The monoisotopic (exact) mass is 220 g/mol. The Hall–Kier alpha value is -1.29. The van der Waals surface area contributed by atoms with Crippen molar-refractivity contribution >= 4 is 22.8 Å². The molecule has 1 amide bonds. The first-order valence-electron chi connectivity index (χ1n) is 4.83. The third-order valence-electron chi connectivity index (χ3n) is 2.06. The van der Waals surface area contributed by atoms with Crippen molar-refractivity contribution in [1.29, 1.82) is 0 Å². The minimum atomic E-state index is -0.0871. The Balaban J connectivity index is 1.99. The Kier molecular flexibility index (Phi) is 3.06. The van der Waals surface area contributed by atoms with Gasteiger partial charge < -0.3 is 5.32 Å². The molecule has 0 fully saturated rings. The van der Waals surface area contributed by atoms with Crippen LogP contribution in [0.3, 0.4) is 0 Å². The quantitative estimate of drug-likeness (QED) is 0.785. The second-order valence-corrected chi connectivity index (χ2v) is 4.82. The van der Waals surface area contributed by atoms with Gasteiger partial charge in [0.05, 0.1) is 6.54 Å². The third-order valence-corrected chi connectivity index (χ3v) is 3.07. The summed E-state index contributed by atoms with van der Waals surface area (Å²) in [4.78, 5) is 15.9. The van der Waals surface area contributed by atoms with Crippen LogP contribution in [0.4, 0.5) is 0 Å². The summed E-state index contributed by atoms with van der Waals surface area (Å²) < 4.78 is 0. The van der Waals surface area contributed by atoms with E-state index in [0.717, 1.165) is 11.7 Å². The number of carbonyl (C=O) groups is 1. The lowest BCUT2D eigenvalue weighted by Crippen LogP contribution is -2.27. The lowest BCUT2D eigenvalue weighted by molar-refractivity contribution is 0.0978. The van der Waals surface area contributed by atoms with Gasteiger partial charge in [0, 0.05) is 10.8 Å². The summed E-state index contributed by atoms with van der Waals surface area (Å²) in [5, 5.41) is 4.00. The standard InChI is InChI=1S/C11H12N2OS/c1-8-7-12-11(15-8)13-10(14)9-5-3-2-4-6-9/h2-6,8H,7H2,1H3,(H,12,13,14)/t8-/m0/s1. The molecule has 1 aromatic carbocycles. The van der Waals surface area contributed by atoms with Crippen LogP contribution < -0.4 is 5.32 Å². The maximum Gasteiger partial charge on any atom is 0.257 e. The Morgan fingerprint density at radius 2 is 2.20 bits per heavy atom. The molecule has 1 N–H and O–H groups in total. The lowest BCUT2D eigenvalue weighted by Gasteiger charge is -2.04. The van der Waals surface area contributed by atoms with Crippen LogP contribution in [0.15, 0.2) is 35.3 Å². The van der Waals surface area contributed by atoms with Gasteiger partial charge in [-0.3, -0.25) is 9.79 Å². The fraction of sp³-hybridized carbons (Fsp3) is 0.273. The van der Waals surface area contributed by atoms with Gasteiger partial charge >= 0.3 is 0 Å². The van der Waals surface area contributed by atoms with E-state index < -0.39 is 0 Å². The molecule has 0 aromatic heterocycles. The lowest BCUT2D eigenvalue weighted by atomic mass is 10.2. The van der Waals surface area contributed by atoms with Crippen LogP contribution in [0, 0.1) is 0 Å². The minimum Gasteiger partial charge on any atom is -0.301 e. The molecule has 78 valence electrons. The highest BCUT2D eigenvalue weighted by molar-refractivity contribution is 8.14. The number of carbonyl (C=O) groups excluding carboxylic acids is 1. The van der Waals surface area contributed by atoms with Crippen LogP contribution in [0.25, 0.3) is 0 Å². The van der Waals surface area contributed by atoms with E-state index in [-0.39, 0.29) is 5.91 Å². The fourth-order valence-electron chi connectivity index (χ4n) is 1.30. The SMILES string of the molecule is C[C@H]1CN=C(NC(=O)c2ccccc2)S1. The van der Waals surface area contributed by atoms with Gasteiger partial charge in [0.25, 0.3) is 5.91 Å². The molecule has 0 bridgehead atoms. The van der Waals surface area contributed by atoms with Gasteiger partial charge in [0.2, 0.25) is 0 Å². The van der Waals surface area contributed by atoms with Gasteiger partial charge in [-0.25, -0.2) is 0 Å². The van der Waals surface area contributed by atoms with Crippen LogP contribution in [-0.4, -0.2) is 22.9 Å². The molecule has 0 radical (unpaired) electrons. The van der Waals surface area contributed by atoms with Crippen molar-refractivity contribution in [3.63, 3.8) is 0 Å². The highest BCUT2D eigenvalue weighted by Crippen LogP contribution is 2.18. The van der Waals surface area contributed by atoms with Gasteiger partial charge in [0.1, 0.15) is 0 Å².